The van der Waals surface area contributed by atoms with Gasteiger partial charge in [-0.2, -0.15) is 0 Å². The van der Waals surface area contributed by atoms with Crippen LogP contribution in [0, 0.1) is 5.82 Å². The summed E-state index contributed by atoms with van der Waals surface area (Å²) in [6, 6.07) is 0.993. The first-order valence-corrected chi connectivity index (χ1v) is 5.42. The van der Waals surface area contributed by atoms with Gasteiger partial charge in [0.15, 0.2) is 0 Å². The molecule has 1 aromatic heterocycles. The molecule has 94 valence electrons. The fourth-order valence-electron chi connectivity index (χ4n) is 1.38. The zero-order valence-electron chi connectivity index (χ0n) is 10.5. The highest BCUT2D eigenvalue weighted by Gasteiger charge is 2.26. The van der Waals surface area contributed by atoms with Crippen molar-refractivity contribution in [2.75, 3.05) is 11.9 Å². The maximum Gasteiger partial charge on any atom is 0.339 e. The average molecular weight is 240 g/mol. The first-order chi connectivity index (χ1) is 7.79. The second kappa shape index (κ2) is 4.69. The molecule has 5 heteroatoms. The van der Waals surface area contributed by atoms with E-state index in [4.69, 9.17) is 5.11 Å². The van der Waals surface area contributed by atoms with Crippen molar-refractivity contribution in [3.8, 4) is 0 Å². The molecule has 1 N–H and O–H groups in total. The monoisotopic (exact) mass is 240 g/mol. The molecule has 0 fully saturated rings. The number of hydrogen-bond acceptors (Lipinski definition) is 3. The Morgan fingerprint density at radius 1 is 1.59 bits per heavy atom. The van der Waals surface area contributed by atoms with Crippen LogP contribution in [0.3, 0.4) is 0 Å². The Bertz CT molecular complexity index is 433. The van der Waals surface area contributed by atoms with E-state index in [1.165, 1.54) is 0 Å². The zero-order valence-corrected chi connectivity index (χ0v) is 10.5. The van der Waals surface area contributed by atoms with Gasteiger partial charge in [-0.1, -0.05) is 6.92 Å². The second-order valence-electron chi connectivity index (χ2n) is 4.55. The number of anilines is 1. The van der Waals surface area contributed by atoms with Gasteiger partial charge >= 0.3 is 5.97 Å². The Hall–Kier alpha value is -1.65. The molecule has 17 heavy (non-hydrogen) atoms. The summed E-state index contributed by atoms with van der Waals surface area (Å²) in [4.78, 5) is 16.7. The van der Waals surface area contributed by atoms with Crippen LogP contribution in [0.15, 0.2) is 12.3 Å². The van der Waals surface area contributed by atoms with Crippen LogP contribution >= 0.6 is 0 Å². The van der Waals surface area contributed by atoms with Crippen LogP contribution in [0.5, 0.6) is 0 Å². The molecular weight excluding hydrogens is 223 g/mol. The number of halogens is 1. The summed E-state index contributed by atoms with van der Waals surface area (Å²) >= 11 is 0. The van der Waals surface area contributed by atoms with Crippen LogP contribution in [0.2, 0.25) is 0 Å². The fourth-order valence-corrected chi connectivity index (χ4v) is 1.38. The lowest BCUT2D eigenvalue weighted by molar-refractivity contribution is 0.0696. The molecular formula is C12H17FN2O2. The Morgan fingerprint density at radius 2 is 2.18 bits per heavy atom. The van der Waals surface area contributed by atoms with Crippen LogP contribution < -0.4 is 4.90 Å². The number of pyridine rings is 1. The van der Waals surface area contributed by atoms with E-state index in [0.717, 1.165) is 18.7 Å². The number of hydrogen-bond donors (Lipinski definition) is 1. The predicted molar refractivity (Wildman–Crippen MR) is 63.9 cm³/mol. The summed E-state index contributed by atoms with van der Waals surface area (Å²) in [5.41, 5.74) is -0.358. The molecule has 0 aliphatic rings. The van der Waals surface area contributed by atoms with Crippen molar-refractivity contribution in [1.82, 2.24) is 4.98 Å². The average Bonchev–Trinajstić information content (AvgIpc) is 2.28. The zero-order chi connectivity index (χ0) is 13.2. The first-order valence-electron chi connectivity index (χ1n) is 5.42. The van der Waals surface area contributed by atoms with Crippen molar-refractivity contribution >= 4 is 11.8 Å². The van der Waals surface area contributed by atoms with Crippen molar-refractivity contribution in [3.05, 3.63) is 23.6 Å². The van der Waals surface area contributed by atoms with Gasteiger partial charge in [-0.15, -0.1) is 0 Å². The van der Waals surface area contributed by atoms with Crippen LogP contribution in [0.4, 0.5) is 10.2 Å². The molecule has 0 atom stereocenters. The molecule has 0 radical (unpaired) electrons. The summed E-state index contributed by atoms with van der Waals surface area (Å²) in [7, 11) is 1.76. The lowest BCUT2D eigenvalue weighted by Crippen LogP contribution is -2.41. The van der Waals surface area contributed by atoms with Gasteiger partial charge in [-0.05, 0) is 26.3 Å². The topological polar surface area (TPSA) is 53.4 Å². The lowest BCUT2D eigenvalue weighted by atomic mass is 9.99. The molecule has 1 heterocycles. The van der Waals surface area contributed by atoms with Crippen LogP contribution in [0.1, 0.15) is 37.6 Å². The summed E-state index contributed by atoms with van der Waals surface area (Å²) < 4.78 is 13.0. The Morgan fingerprint density at radius 3 is 2.65 bits per heavy atom. The molecule has 0 aromatic carbocycles. The smallest absolute Gasteiger partial charge is 0.339 e. The van der Waals surface area contributed by atoms with E-state index in [-0.39, 0.29) is 16.9 Å². The van der Waals surface area contributed by atoms with Gasteiger partial charge in [0.25, 0.3) is 0 Å². The molecule has 0 spiro atoms. The van der Waals surface area contributed by atoms with Crippen LogP contribution in [0.25, 0.3) is 0 Å². The van der Waals surface area contributed by atoms with E-state index in [2.05, 4.69) is 4.98 Å². The SMILES string of the molecule is CCC(C)(C)N(C)c1ncc(F)cc1C(=O)O. The van der Waals surface area contributed by atoms with Crippen LogP contribution in [-0.2, 0) is 0 Å². The number of aromatic carboxylic acids is 1. The minimum absolute atomic E-state index is 0.117. The largest absolute Gasteiger partial charge is 0.478 e. The van der Waals surface area contributed by atoms with Crippen LogP contribution in [-0.4, -0.2) is 28.6 Å². The van der Waals surface area contributed by atoms with Gasteiger partial charge in [-0.3, -0.25) is 0 Å². The molecule has 0 saturated heterocycles. The van der Waals surface area contributed by atoms with E-state index < -0.39 is 11.8 Å². The summed E-state index contributed by atoms with van der Waals surface area (Å²) in [6.07, 6.45) is 1.85. The molecule has 0 amide bonds. The van der Waals surface area contributed by atoms with Gasteiger partial charge in [0.2, 0.25) is 0 Å². The third kappa shape index (κ3) is 2.72. The molecule has 0 bridgehead atoms. The van der Waals surface area contributed by atoms with E-state index in [1.807, 2.05) is 20.8 Å². The predicted octanol–water partition coefficient (Wildman–Crippen LogP) is 2.54. The molecule has 0 unspecified atom stereocenters. The highest BCUT2D eigenvalue weighted by atomic mass is 19.1. The van der Waals surface area contributed by atoms with E-state index in [1.54, 1.807) is 11.9 Å². The minimum Gasteiger partial charge on any atom is -0.478 e. The van der Waals surface area contributed by atoms with E-state index in [0.29, 0.717) is 0 Å². The molecule has 0 saturated carbocycles. The maximum absolute atomic E-state index is 13.0. The van der Waals surface area contributed by atoms with Crippen molar-refractivity contribution in [3.63, 3.8) is 0 Å². The van der Waals surface area contributed by atoms with Crippen molar-refractivity contribution in [1.29, 1.82) is 0 Å². The van der Waals surface area contributed by atoms with Gasteiger partial charge < -0.3 is 10.0 Å². The van der Waals surface area contributed by atoms with E-state index in [9.17, 15) is 9.18 Å². The van der Waals surface area contributed by atoms with Crippen molar-refractivity contribution in [2.24, 2.45) is 0 Å². The molecule has 0 aliphatic heterocycles. The number of carboxylic acids is 1. The molecule has 0 aliphatic carbocycles. The van der Waals surface area contributed by atoms with E-state index >= 15 is 0 Å². The second-order valence-corrected chi connectivity index (χ2v) is 4.55. The Balaban J connectivity index is 3.26. The third-order valence-electron chi connectivity index (χ3n) is 3.15. The number of nitrogens with zero attached hydrogens (tertiary/aromatic N) is 2. The first kappa shape index (κ1) is 13.4. The van der Waals surface area contributed by atoms with Gasteiger partial charge in [0.05, 0.1) is 6.20 Å². The summed E-state index contributed by atoms with van der Waals surface area (Å²) in [6.45, 7) is 5.95. The Labute approximate surface area is 100 Å². The highest BCUT2D eigenvalue weighted by molar-refractivity contribution is 5.93. The Kier molecular flexibility index (Phi) is 3.70. The van der Waals surface area contributed by atoms with Gasteiger partial charge in [0, 0.05) is 12.6 Å². The number of rotatable bonds is 4. The summed E-state index contributed by atoms with van der Waals surface area (Å²) in [5, 5.41) is 9.04. The fraction of sp³-hybridized carbons (Fsp3) is 0.500. The number of aromatic nitrogens is 1. The summed E-state index contributed by atoms with van der Waals surface area (Å²) in [5.74, 6) is -1.54. The highest BCUT2D eigenvalue weighted by Crippen LogP contribution is 2.26. The lowest BCUT2D eigenvalue weighted by Gasteiger charge is -2.36. The third-order valence-corrected chi connectivity index (χ3v) is 3.15. The molecule has 1 aromatic rings. The quantitative estimate of drug-likeness (QED) is 0.878. The van der Waals surface area contributed by atoms with Crippen molar-refractivity contribution < 1.29 is 14.3 Å². The maximum atomic E-state index is 13.0. The molecule has 1 rings (SSSR count). The number of carboxylic acid groups (broad SMARTS) is 1. The molecule has 4 nitrogen and oxygen atoms in total. The van der Waals surface area contributed by atoms with Crippen molar-refractivity contribution in [2.45, 2.75) is 32.7 Å². The van der Waals surface area contributed by atoms with Gasteiger partial charge in [0.1, 0.15) is 17.2 Å². The normalized spacial score (nSPS) is 11.4. The van der Waals surface area contributed by atoms with Gasteiger partial charge in [-0.25, -0.2) is 14.2 Å². The standard InChI is InChI=1S/C12H17FN2O2/c1-5-12(2,3)15(4)10-9(11(16)17)6-8(13)7-14-10/h6-7H,5H2,1-4H3,(H,16,17). The minimum atomic E-state index is -1.18. The number of carbonyl (C=O) groups is 1.